The fourth-order valence-corrected chi connectivity index (χ4v) is 4.30. The Morgan fingerprint density at radius 3 is 2.00 bits per heavy atom. The molecule has 3 rings (SSSR count). The highest BCUT2D eigenvalue weighted by Gasteiger charge is 2.33. The monoisotopic (exact) mass is 287 g/mol. The van der Waals surface area contributed by atoms with Crippen molar-refractivity contribution in [2.24, 2.45) is 0 Å². The Morgan fingerprint density at radius 2 is 1.38 bits per heavy atom. The Bertz CT molecular complexity index is 470. The van der Waals surface area contributed by atoms with Crippen LogP contribution in [-0.4, -0.2) is 0 Å². The molecule has 1 aromatic heterocycles. The molecule has 2 nitrogen and oxygen atoms in total. The molecule has 0 fully saturated rings. The first-order valence-corrected chi connectivity index (χ1v) is 9.17. The fraction of sp³-hybridized carbons (Fsp3) is 0.737. The maximum Gasteiger partial charge on any atom is 0.186 e. The summed E-state index contributed by atoms with van der Waals surface area (Å²) in [5.74, 6) is 0. The molecule has 0 saturated carbocycles. The van der Waals surface area contributed by atoms with Crippen LogP contribution in [0.2, 0.25) is 0 Å². The van der Waals surface area contributed by atoms with Gasteiger partial charge in [0.2, 0.25) is 0 Å². The minimum absolute atomic E-state index is 1.16. The highest BCUT2D eigenvalue weighted by molar-refractivity contribution is 5.57. The summed E-state index contributed by atoms with van der Waals surface area (Å²) < 4.78 is 2.68. The van der Waals surface area contributed by atoms with Gasteiger partial charge in [-0.1, -0.05) is 32.6 Å². The van der Waals surface area contributed by atoms with Gasteiger partial charge in [0, 0.05) is 30.4 Å². The van der Waals surface area contributed by atoms with Crippen LogP contribution in [0.3, 0.4) is 0 Å². The Morgan fingerprint density at radius 1 is 0.810 bits per heavy atom. The van der Waals surface area contributed by atoms with Gasteiger partial charge >= 0.3 is 0 Å². The SMILES string of the molecule is CCCCCCCC[n+]1c2c(c(N)c3c1CCC3)CCC2. The van der Waals surface area contributed by atoms with E-state index in [1.165, 1.54) is 94.7 Å². The average molecular weight is 287 g/mol. The molecule has 116 valence electrons. The zero-order valence-corrected chi connectivity index (χ0v) is 13.7. The van der Waals surface area contributed by atoms with Gasteiger partial charge in [0.1, 0.15) is 6.54 Å². The van der Waals surface area contributed by atoms with Crippen molar-refractivity contribution < 1.29 is 4.57 Å². The smallest absolute Gasteiger partial charge is 0.186 e. The van der Waals surface area contributed by atoms with Crippen molar-refractivity contribution in [1.82, 2.24) is 0 Å². The number of hydrogen-bond donors (Lipinski definition) is 1. The van der Waals surface area contributed by atoms with E-state index in [0.717, 1.165) is 5.69 Å². The van der Waals surface area contributed by atoms with Gasteiger partial charge < -0.3 is 5.73 Å². The Kier molecular flexibility index (Phi) is 4.82. The molecule has 2 aliphatic rings. The van der Waals surface area contributed by atoms with Crippen molar-refractivity contribution in [2.75, 3.05) is 5.73 Å². The number of nitrogens with two attached hydrogens (primary N) is 1. The number of aromatic nitrogens is 1. The van der Waals surface area contributed by atoms with Gasteiger partial charge in [-0.3, -0.25) is 0 Å². The van der Waals surface area contributed by atoms with E-state index in [4.69, 9.17) is 5.73 Å². The third kappa shape index (κ3) is 2.95. The molecule has 0 atom stereocenters. The molecule has 0 bridgehead atoms. The number of hydrogen-bond acceptors (Lipinski definition) is 1. The van der Waals surface area contributed by atoms with Crippen LogP contribution in [0, 0.1) is 0 Å². The van der Waals surface area contributed by atoms with E-state index >= 15 is 0 Å². The van der Waals surface area contributed by atoms with Gasteiger partial charge in [-0.15, -0.1) is 0 Å². The number of nitrogen functional groups attached to an aromatic ring is 1. The molecule has 1 heterocycles. The number of anilines is 1. The third-order valence-corrected chi connectivity index (χ3v) is 5.41. The Hall–Kier alpha value is -1.05. The van der Waals surface area contributed by atoms with Crippen molar-refractivity contribution >= 4 is 5.69 Å². The first-order valence-electron chi connectivity index (χ1n) is 9.17. The van der Waals surface area contributed by atoms with Crippen LogP contribution >= 0.6 is 0 Å². The number of pyridine rings is 1. The summed E-state index contributed by atoms with van der Waals surface area (Å²) in [5.41, 5.74) is 13.8. The van der Waals surface area contributed by atoms with Crippen LogP contribution in [0.25, 0.3) is 0 Å². The maximum absolute atomic E-state index is 6.45. The predicted octanol–water partition coefficient (Wildman–Crippen LogP) is 3.89. The minimum atomic E-state index is 1.16. The first-order chi connectivity index (χ1) is 10.3. The molecular weight excluding hydrogens is 256 g/mol. The second-order valence-corrected chi connectivity index (χ2v) is 6.89. The molecule has 0 spiro atoms. The second kappa shape index (κ2) is 6.81. The van der Waals surface area contributed by atoms with E-state index in [2.05, 4.69) is 11.5 Å². The van der Waals surface area contributed by atoms with E-state index < -0.39 is 0 Å². The largest absolute Gasteiger partial charge is 0.398 e. The zero-order valence-electron chi connectivity index (χ0n) is 13.7. The minimum Gasteiger partial charge on any atom is -0.398 e. The topological polar surface area (TPSA) is 29.9 Å². The van der Waals surface area contributed by atoms with Gasteiger partial charge in [0.05, 0.1) is 5.69 Å². The van der Waals surface area contributed by atoms with Crippen molar-refractivity contribution in [3.05, 3.63) is 22.5 Å². The van der Waals surface area contributed by atoms with Crippen molar-refractivity contribution in [3.8, 4) is 0 Å². The van der Waals surface area contributed by atoms with Gasteiger partial charge in [0.15, 0.2) is 11.4 Å². The van der Waals surface area contributed by atoms with E-state index in [-0.39, 0.29) is 0 Å². The lowest BCUT2D eigenvalue weighted by Gasteiger charge is -2.12. The first kappa shape index (κ1) is 14.9. The van der Waals surface area contributed by atoms with Gasteiger partial charge in [-0.2, -0.15) is 4.57 Å². The summed E-state index contributed by atoms with van der Waals surface area (Å²) in [6.07, 6.45) is 15.8. The van der Waals surface area contributed by atoms with Crippen LogP contribution in [-0.2, 0) is 32.2 Å². The van der Waals surface area contributed by atoms with Crippen molar-refractivity contribution in [1.29, 1.82) is 0 Å². The number of unbranched alkanes of at least 4 members (excludes halogenated alkanes) is 5. The van der Waals surface area contributed by atoms with E-state index in [9.17, 15) is 0 Å². The van der Waals surface area contributed by atoms with Crippen LogP contribution in [0.4, 0.5) is 5.69 Å². The quantitative estimate of drug-likeness (QED) is 0.598. The summed E-state index contributed by atoms with van der Waals surface area (Å²) in [4.78, 5) is 0. The van der Waals surface area contributed by atoms with Crippen LogP contribution < -0.4 is 10.3 Å². The molecule has 0 aliphatic heterocycles. The average Bonchev–Trinajstić information content (AvgIpc) is 3.15. The summed E-state index contributed by atoms with van der Waals surface area (Å²) in [5, 5.41) is 0. The third-order valence-electron chi connectivity index (χ3n) is 5.41. The lowest BCUT2D eigenvalue weighted by Crippen LogP contribution is -2.43. The molecule has 21 heavy (non-hydrogen) atoms. The van der Waals surface area contributed by atoms with Crippen LogP contribution in [0.1, 0.15) is 80.8 Å². The summed E-state index contributed by atoms with van der Waals surface area (Å²) in [6.45, 7) is 3.52. The summed E-state index contributed by atoms with van der Waals surface area (Å²) in [6, 6.07) is 0. The standard InChI is InChI=1S/C19H30N2/c1-2-3-4-5-6-7-14-21-17-12-8-10-15(17)19(20)16-11-9-13-18(16)21/h20H,2-14H2,1H3/p+1. The number of rotatable bonds is 7. The maximum atomic E-state index is 6.45. The fourth-order valence-electron chi connectivity index (χ4n) is 4.30. The Balaban J connectivity index is 1.70. The molecule has 2 aliphatic carbocycles. The van der Waals surface area contributed by atoms with E-state index in [0.29, 0.717) is 0 Å². The molecular formula is C19H31N2+. The molecule has 2 N–H and O–H groups in total. The van der Waals surface area contributed by atoms with Gasteiger partial charge in [-0.25, -0.2) is 0 Å². The Labute approximate surface area is 129 Å². The molecule has 0 saturated heterocycles. The van der Waals surface area contributed by atoms with Crippen LogP contribution in [0.15, 0.2) is 0 Å². The highest BCUT2D eigenvalue weighted by Crippen LogP contribution is 2.33. The van der Waals surface area contributed by atoms with E-state index in [1.807, 2.05) is 0 Å². The lowest BCUT2D eigenvalue weighted by molar-refractivity contribution is -0.711. The number of fused-ring (bicyclic) bond motifs is 2. The molecule has 1 aromatic rings. The molecule has 0 radical (unpaired) electrons. The van der Waals surface area contributed by atoms with Crippen molar-refractivity contribution in [2.45, 2.75) is 90.5 Å². The molecule has 0 aromatic carbocycles. The molecule has 0 unspecified atom stereocenters. The zero-order chi connectivity index (χ0) is 14.7. The highest BCUT2D eigenvalue weighted by atomic mass is 15.0. The van der Waals surface area contributed by atoms with E-state index in [1.54, 1.807) is 11.4 Å². The van der Waals surface area contributed by atoms with Crippen LogP contribution in [0.5, 0.6) is 0 Å². The molecule has 0 amide bonds. The normalized spacial score (nSPS) is 16.2. The van der Waals surface area contributed by atoms with Gasteiger partial charge in [0.25, 0.3) is 0 Å². The molecule has 2 heteroatoms. The second-order valence-electron chi connectivity index (χ2n) is 6.89. The lowest BCUT2D eigenvalue weighted by atomic mass is 10.0. The summed E-state index contributed by atoms with van der Waals surface area (Å²) in [7, 11) is 0. The van der Waals surface area contributed by atoms with Gasteiger partial charge in [-0.05, 0) is 32.1 Å². The number of nitrogens with zero attached hydrogens (tertiary/aromatic N) is 1. The summed E-state index contributed by atoms with van der Waals surface area (Å²) >= 11 is 0. The van der Waals surface area contributed by atoms with Crippen molar-refractivity contribution in [3.63, 3.8) is 0 Å². The predicted molar refractivity (Wildman–Crippen MR) is 88.5 cm³/mol.